The number of benzene rings is 1. The number of methoxy groups -OCH3 is 1. The van der Waals surface area contributed by atoms with E-state index in [0.717, 1.165) is 0 Å². The van der Waals surface area contributed by atoms with Gasteiger partial charge in [0.15, 0.2) is 5.78 Å². The summed E-state index contributed by atoms with van der Waals surface area (Å²) in [7, 11) is 1.58. The number of hydrogen-bond acceptors (Lipinski definition) is 4. The van der Waals surface area contributed by atoms with Crippen molar-refractivity contribution >= 4 is 5.78 Å². The fourth-order valence-corrected chi connectivity index (χ4v) is 1.76. The first-order valence-electron chi connectivity index (χ1n) is 5.18. The van der Waals surface area contributed by atoms with Gasteiger partial charge in [0, 0.05) is 12.1 Å². The Kier molecular flexibility index (Phi) is 2.94. The van der Waals surface area contributed by atoms with Gasteiger partial charge in [0.1, 0.15) is 5.75 Å². The highest BCUT2D eigenvalue weighted by atomic mass is 16.5. The molecule has 0 atom stereocenters. The molecule has 1 aromatic rings. The van der Waals surface area contributed by atoms with E-state index in [1.807, 2.05) is 6.07 Å². The molecule has 1 aromatic carbocycles. The molecule has 0 radical (unpaired) electrons. The number of hydrogen-bond donors (Lipinski definition) is 1. The van der Waals surface area contributed by atoms with Crippen molar-refractivity contribution < 1.29 is 14.3 Å². The van der Waals surface area contributed by atoms with Gasteiger partial charge in [0.2, 0.25) is 0 Å². The van der Waals surface area contributed by atoms with Crippen LogP contribution in [0, 0.1) is 5.41 Å². The highest BCUT2D eigenvalue weighted by Gasteiger charge is 2.44. The van der Waals surface area contributed by atoms with E-state index in [1.165, 1.54) is 0 Å². The maximum Gasteiger partial charge on any atom is 0.175 e. The van der Waals surface area contributed by atoms with Crippen molar-refractivity contribution in [1.82, 2.24) is 0 Å². The van der Waals surface area contributed by atoms with E-state index in [4.69, 9.17) is 15.2 Å². The smallest absolute Gasteiger partial charge is 0.175 e. The van der Waals surface area contributed by atoms with Gasteiger partial charge in [-0.25, -0.2) is 0 Å². The summed E-state index contributed by atoms with van der Waals surface area (Å²) in [4.78, 5) is 12.2. The lowest BCUT2D eigenvalue weighted by molar-refractivity contribution is -0.0816. The van der Waals surface area contributed by atoms with E-state index in [9.17, 15) is 4.79 Å². The number of carbonyl (C=O) groups excluding carboxylic acids is 1. The Morgan fingerprint density at radius 1 is 1.56 bits per heavy atom. The van der Waals surface area contributed by atoms with Crippen molar-refractivity contribution in [2.45, 2.75) is 0 Å². The minimum Gasteiger partial charge on any atom is -0.497 e. The molecule has 1 aliphatic heterocycles. The SMILES string of the molecule is COc1cccc(C(=O)C2(CN)COC2)c1. The second-order valence-electron chi connectivity index (χ2n) is 4.04. The van der Waals surface area contributed by atoms with Gasteiger partial charge in [-0.15, -0.1) is 0 Å². The molecule has 0 bridgehead atoms. The zero-order chi connectivity index (χ0) is 11.6. The molecule has 1 heterocycles. The van der Waals surface area contributed by atoms with Crippen LogP contribution in [-0.2, 0) is 4.74 Å². The van der Waals surface area contributed by atoms with E-state index in [-0.39, 0.29) is 5.78 Å². The predicted octanol–water partition coefficient (Wildman–Crippen LogP) is 0.853. The molecule has 1 aliphatic rings. The monoisotopic (exact) mass is 221 g/mol. The lowest BCUT2D eigenvalue weighted by Gasteiger charge is -2.38. The van der Waals surface area contributed by atoms with Gasteiger partial charge >= 0.3 is 0 Å². The molecule has 0 aromatic heterocycles. The zero-order valence-corrected chi connectivity index (χ0v) is 9.23. The fourth-order valence-electron chi connectivity index (χ4n) is 1.76. The molecule has 1 saturated heterocycles. The maximum absolute atomic E-state index is 12.2. The molecule has 4 nitrogen and oxygen atoms in total. The Bertz CT molecular complexity index is 393. The number of nitrogens with two attached hydrogens (primary N) is 1. The van der Waals surface area contributed by atoms with Crippen molar-refractivity contribution in [3.05, 3.63) is 29.8 Å². The molecule has 4 heteroatoms. The third kappa shape index (κ3) is 1.70. The summed E-state index contributed by atoms with van der Waals surface area (Å²) in [5.74, 6) is 0.721. The number of ketones is 1. The summed E-state index contributed by atoms with van der Waals surface area (Å²) in [6.45, 7) is 1.15. The number of carbonyl (C=O) groups is 1. The predicted molar refractivity (Wildman–Crippen MR) is 59.6 cm³/mol. The van der Waals surface area contributed by atoms with Crippen LogP contribution >= 0.6 is 0 Å². The van der Waals surface area contributed by atoms with E-state index in [1.54, 1.807) is 25.3 Å². The average Bonchev–Trinajstić information content (AvgIpc) is 2.28. The molecule has 0 spiro atoms. The van der Waals surface area contributed by atoms with E-state index in [0.29, 0.717) is 31.1 Å². The summed E-state index contributed by atoms with van der Waals surface area (Å²) in [6.07, 6.45) is 0. The molecule has 2 N–H and O–H groups in total. The first kappa shape index (κ1) is 11.1. The fraction of sp³-hybridized carbons (Fsp3) is 0.417. The van der Waals surface area contributed by atoms with Crippen molar-refractivity contribution in [3.63, 3.8) is 0 Å². The average molecular weight is 221 g/mol. The summed E-state index contributed by atoms with van der Waals surface area (Å²) < 4.78 is 10.2. The molecule has 0 amide bonds. The molecule has 16 heavy (non-hydrogen) atoms. The van der Waals surface area contributed by atoms with Gasteiger partial charge in [0.05, 0.1) is 25.7 Å². The van der Waals surface area contributed by atoms with Crippen LogP contribution < -0.4 is 10.5 Å². The number of Topliss-reactive ketones (excluding diaryl/α,β-unsaturated/α-hetero) is 1. The van der Waals surface area contributed by atoms with Crippen molar-refractivity contribution in [1.29, 1.82) is 0 Å². The normalized spacial score (nSPS) is 17.6. The zero-order valence-electron chi connectivity index (χ0n) is 9.23. The second-order valence-corrected chi connectivity index (χ2v) is 4.04. The number of rotatable bonds is 4. The molecule has 0 unspecified atom stereocenters. The third-order valence-corrected chi connectivity index (χ3v) is 2.96. The lowest BCUT2D eigenvalue weighted by atomic mass is 9.78. The van der Waals surface area contributed by atoms with Gasteiger partial charge < -0.3 is 15.2 Å². The van der Waals surface area contributed by atoms with Gasteiger partial charge in [-0.3, -0.25) is 4.79 Å². The van der Waals surface area contributed by atoms with Crippen molar-refractivity contribution in [2.75, 3.05) is 26.9 Å². The highest BCUT2D eigenvalue weighted by molar-refractivity contribution is 6.01. The molecular weight excluding hydrogens is 206 g/mol. The van der Waals surface area contributed by atoms with Crippen LogP contribution in [0.5, 0.6) is 5.75 Å². The van der Waals surface area contributed by atoms with Crippen LogP contribution in [0.2, 0.25) is 0 Å². The van der Waals surface area contributed by atoms with Crippen LogP contribution in [-0.4, -0.2) is 32.7 Å². The maximum atomic E-state index is 12.2. The summed E-state index contributed by atoms with van der Waals surface area (Å²) in [6, 6.07) is 7.12. The van der Waals surface area contributed by atoms with Crippen LogP contribution in [0.1, 0.15) is 10.4 Å². The summed E-state index contributed by atoms with van der Waals surface area (Å²) >= 11 is 0. The highest BCUT2D eigenvalue weighted by Crippen LogP contribution is 2.31. The van der Waals surface area contributed by atoms with Crippen LogP contribution in [0.15, 0.2) is 24.3 Å². The van der Waals surface area contributed by atoms with Crippen molar-refractivity contribution in [3.8, 4) is 5.75 Å². The Balaban J connectivity index is 2.26. The minimum atomic E-state index is -0.521. The summed E-state index contributed by atoms with van der Waals surface area (Å²) in [5, 5.41) is 0. The Hall–Kier alpha value is -1.39. The van der Waals surface area contributed by atoms with E-state index in [2.05, 4.69) is 0 Å². The van der Waals surface area contributed by atoms with Gasteiger partial charge in [-0.05, 0) is 12.1 Å². The summed E-state index contributed by atoms with van der Waals surface area (Å²) in [5.41, 5.74) is 5.76. The van der Waals surface area contributed by atoms with Gasteiger partial charge in [0.25, 0.3) is 0 Å². The molecule has 0 saturated carbocycles. The molecule has 0 aliphatic carbocycles. The van der Waals surface area contributed by atoms with Crippen LogP contribution in [0.3, 0.4) is 0 Å². The standard InChI is InChI=1S/C12H15NO3/c1-15-10-4-2-3-9(5-10)11(14)12(6-13)7-16-8-12/h2-5H,6-8,13H2,1H3. The molecule has 1 fully saturated rings. The number of ether oxygens (including phenoxy) is 2. The van der Waals surface area contributed by atoms with Crippen LogP contribution in [0.25, 0.3) is 0 Å². The second kappa shape index (κ2) is 4.23. The molecule has 2 rings (SSSR count). The van der Waals surface area contributed by atoms with E-state index < -0.39 is 5.41 Å². The largest absolute Gasteiger partial charge is 0.497 e. The van der Waals surface area contributed by atoms with Gasteiger partial charge in [-0.2, -0.15) is 0 Å². The Morgan fingerprint density at radius 2 is 2.31 bits per heavy atom. The lowest BCUT2D eigenvalue weighted by Crippen LogP contribution is -2.54. The Labute approximate surface area is 94.3 Å². The molecule has 86 valence electrons. The van der Waals surface area contributed by atoms with Crippen LogP contribution in [0.4, 0.5) is 0 Å². The Morgan fingerprint density at radius 3 is 2.81 bits per heavy atom. The first-order valence-corrected chi connectivity index (χ1v) is 5.18. The molecular formula is C12H15NO3. The van der Waals surface area contributed by atoms with E-state index >= 15 is 0 Å². The third-order valence-electron chi connectivity index (χ3n) is 2.96. The topological polar surface area (TPSA) is 61.5 Å². The van der Waals surface area contributed by atoms with Gasteiger partial charge in [-0.1, -0.05) is 12.1 Å². The quantitative estimate of drug-likeness (QED) is 0.766. The first-order chi connectivity index (χ1) is 7.72. The minimum absolute atomic E-state index is 0.0418. The van der Waals surface area contributed by atoms with Crippen molar-refractivity contribution in [2.24, 2.45) is 11.1 Å².